The van der Waals surface area contributed by atoms with Crippen molar-refractivity contribution in [2.75, 3.05) is 14.2 Å². The third-order valence-corrected chi connectivity index (χ3v) is 2.13. The van der Waals surface area contributed by atoms with Crippen molar-refractivity contribution in [1.82, 2.24) is 0 Å². The van der Waals surface area contributed by atoms with Crippen LogP contribution in [-0.2, 0) is 9.47 Å². The molecule has 0 N–H and O–H groups in total. The van der Waals surface area contributed by atoms with Crippen LogP contribution >= 0.6 is 11.8 Å². The molecule has 0 amide bonds. The van der Waals surface area contributed by atoms with E-state index in [0.717, 1.165) is 0 Å². The van der Waals surface area contributed by atoms with Crippen LogP contribution in [0.25, 0.3) is 0 Å². The summed E-state index contributed by atoms with van der Waals surface area (Å²) >= 11 is -1.50. The number of thioether (sulfide) groups is 1. The Bertz CT molecular complexity index is 182. The number of methoxy groups -OCH3 is 2. The summed E-state index contributed by atoms with van der Waals surface area (Å²) in [4.78, 5) is 0. The molecule has 0 heterocycles. The molecule has 92 valence electrons. The first kappa shape index (κ1) is 14.8. The number of ether oxygens (including phenoxy) is 2. The second kappa shape index (κ2) is 5.26. The molecule has 15 heavy (non-hydrogen) atoms. The van der Waals surface area contributed by atoms with E-state index in [1.54, 1.807) is 0 Å². The van der Waals surface area contributed by atoms with Crippen LogP contribution in [0.3, 0.4) is 0 Å². The summed E-state index contributed by atoms with van der Waals surface area (Å²) in [5.41, 5.74) is 0. The van der Waals surface area contributed by atoms with E-state index >= 15 is 0 Å². The quantitative estimate of drug-likeness (QED) is 0.682. The number of rotatable bonds is 6. The molecular formula is C6H8F6O2S. The van der Waals surface area contributed by atoms with E-state index in [-0.39, 0.29) is 0 Å². The van der Waals surface area contributed by atoms with Gasteiger partial charge < -0.3 is 9.47 Å². The van der Waals surface area contributed by atoms with Gasteiger partial charge in [0.15, 0.2) is 0 Å². The van der Waals surface area contributed by atoms with Crippen LogP contribution in [0.1, 0.15) is 0 Å². The van der Waals surface area contributed by atoms with E-state index in [2.05, 4.69) is 9.47 Å². The molecule has 0 saturated carbocycles. The normalized spacial score (nSPS) is 17.6. The first-order chi connectivity index (χ1) is 6.67. The highest BCUT2D eigenvalue weighted by Gasteiger charge is 2.55. The Hall–Kier alpha value is -0.150. The molecule has 0 bridgehead atoms. The van der Waals surface area contributed by atoms with E-state index < -0.39 is 35.0 Å². The van der Waals surface area contributed by atoms with Gasteiger partial charge in [-0.3, -0.25) is 0 Å². The van der Waals surface area contributed by atoms with E-state index in [4.69, 9.17) is 0 Å². The van der Waals surface area contributed by atoms with E-state index in [0.29, 0.717) is 14.2 Å². The van der Waals surface area contributed by atoms with Gasteiger partial charge in [0.05, 0.1) is 0 Å². The molecule has 0 aromatic carbocycles. The maximum Gasteiger partial charge on any atom is 0.354 e. The molecule has 2 unspecified atom stereocenters. The van der Waals surface area contributed by atoms with Crippen molar-refractivity contribution in [2.45, 2.75) is 23.2 Å². The summed E-state index contributed by atoms with van der Waals surface area (Å²) in [6.07, 6.45) is -6.50. The molecule has 0 aromatic rings. The van der Waals surface area contributed by atoms with Crippen molar-refractivity contribution in [3.05, 3.63) is 0 Å². The average molecular weight is 258 g/mol. The summed E-state index contributed by atoms with van der Waals surface area (Å²) in [6.45, 7) is 0. The number of halogens is 6. The van der Waals surface area contributed by atoms with Crippen molar-refractivity contribution in [3.8, 4) is 0 Å². The predicted octanol–water partition coefficient (Wildman–Crippen LogP) is 2.79. The van der Waals surface area contributed by atoms with Gasteiger partial charge >= 0.3 is 10.5 Å². The lowest BCUT2D eigenvalue weighted by molar-refractivity contribution is -0.150. The summed E-state index contributed by atoms with van der Waals surface area (Å²) < 4.78 is 82.0. The van der Waals surface area contributed by atoms with Crippen molar-refractivity contribution in [2.24, 2.45) is 0 Å². The highest BCUT2D eigenvalue weighted by Crippen LogP contribution is 2.47. The van der Waals surface area contributed by atoms with Gasteiger partial charge in [-0.2, -0.15) is 17.6 Å². The molecule has 2 nitrogen and oxygen atoms in total. The third-order valence-electron chi connectivity index (χ3n) is 1.21. The van der Waals surface area contributed by atoms with Crippen molar-refractivity contribution < 1.29 is 35.8 Å². The fraction of sp³-hybridized carbons (Fsp3) is 1.00. The van der Waals surface area contributed by atoms with Crippen molar-refractivity contribution >= 4 is 11.8 Å². The minimum atomic E-state index is -4.57. The maximum atomic E-state index is 12.6. The molecule has 0 aliphatic carbocycles. The molecule has 0 saturated heterocycles. The van der Waals surface area contributed by atoms with Crippen LogP contribution in [0.4, 0.5) is 26.3 Å². The molecule has 0 aromatic heterocycles. The van der Waals surface area contributed by atoms with Crippen LogP contribution in [-0.4, -0.2) is 37.4 Å². The fourth-order valence-corrected chi connectivity index (χ4v) is 1.29. The van der Waals surface area contributed by atoms with Gasteiger partial charge in [0.2, 0.25) is 0 Å². The Morgan fingerprint density at radius 2 is 1.13 bits per heavy atom. The molecule has 0 rings (SSSR count). The van der Waals surface area contributed by atoms with Crippen LogP contribution in [0.15, 0.2) is 0 Å². The van der Waals surface area contributed by atoms with Gasteiger partial charge in [-0.25, -0.2) is 8.78 Å². The lowest BCUT2D eigenvalue weighted by Crippen LogP contribution is -2.37. The molecule has 0 spiro atoms. The van der Waals surface area contributed by atoms with Crippen molar-refractivity contribution in [3.63, 3.8) is 0 Å². The van der Waals surface area contributed by atoms with Gasteiger partial charge in [-0.1, -0.05) is 0 Å². The van der Waals surface area contributed by atoms with Gasteiger partial charge in [0, 0.05) is 14.2 Å². The highest BCUT2D eigenvalue weighted by molar-refractivity contribution is 8.01. The lowest BCUT2D eigenvalue weighted by atomic mass is 10.7. The van der Waals surface area contributed by atoms with E-state index in [9.17, 15) is 26.3 Å². The van der Waals surface area contributed by atoms with Crippen LogP contribution < -0.4 is 0 Å². The predicted molar refractivity (Wildman–Crippen MR) is 41.3 cm³/mol. The van der Waals surface area contributed by atoms with Crippen LogP contribution in [0, 0.1) is 0 Å². The largest absolute Gasteiger partial charge is 0.354 e. The summed E-state index contributed by atoms with van der Waals surface area (Å²) in [7, 11) is 1.14. The lowest BCUT2D eigenvalue weighted by Gasteiger charge is -2.25. The molecule has 0 aliphatic heterocycles. The van der Waals surface area contributed by atoms with E-state index in [1.807, 2.05) is 0 Å². The van der Waals surface area contributed by atoms with Crippen LogP contribution in [0.2, 0.25) is 0 Å². The summed E-state index contributed by atoms with van der Waals surface area (Å²) in [5, 5.41) is -9.14. The third kappa shape index (κ3) is 4.07. The highest BCUT2D eigenvalue weighted by atomic mass is 32.2. The molecule has 2 atom stereocenters. The Labute approximate surface area is 85.9 Å². The fourth-order valence-electron chi connectivity index (χ4n) is 0.548. The van der Waals surface area contributed by atoms with Gasteiger partial charge in [0.25, 0.3) is 12.7 Å². The SMILES string of the molecule is COC(F)C(F)(F)SC(F)(F)C(F)OC. The van der Waals surface area contributed by atoms with Crippen molar-refractivity contribution in [1.29, 1.82) is 0 Å². The second-order valence-corrected chi connectivity index (χ2v) is 3.62. The smallest absolute Gasteiger partial charge is 0.346 e. The standard InChI is InChI=1S/C6H8F6O2S/c1-13-3(7)5(9,10)15-6(11,12)4(8)14-2/h3-4H,1-2H3. The first-order valence-corrected chi connectivity index (χ1v) is 4.28. The Kier molecular flexibility index (Phi) is 5.21. The summed E-state index contributed by atoms with van der Waals surface area (Å²) in [5.74, 6) is 0. The van der Waals surface area contributed by atoms with Gasteiger partial charge in [0.1, 0.15) is 0 Å². The maximum absolute atomic E-state index is 12.6. The second-order valence-electron chi connectivity index (χ2n) is 2.33. The Morgan fingerprint density at radius 3 is 1.33 bits per heavy atom. The number of alkyl halides is 6. The molecule has 0 radical (unpaired) electrons. The van der Waals surface area contributed by atoms with Gasteiger partial charge in [-0.15, -0.1) is 0 Å². The molecule has 0 aliphatic rings. The topological polar surface area (TPSA) is 18.5 Å². The first-order valence-electron chi connectivity index (χ1n) is 3.47. The Balaban J connectivity index is 4.56. The molecule has 9 heteroatoms. The summed E-state index contributed by atoms with van der Waals surface area (Å²) in [6, 6.07) is 0. The zero-order chi connectivity index (χ0) is 12.3. The average Bonchev–Trinajstić information content (AvgIpc) is 2.13. The monoisotopic (exact) mass is 258 g/mol. The van der Waals surface area contributed by atoms with E-state index in [1.165, 1.54) is 0 Å². The molecular weight excluding hydrogens is 250 g/mol. The minimum Gasteiger partial charge on any atom is -0.346 e. The minimum absolute atomic E-state index is 0.570. The molecule has 0 fully saturated rings. The zero-order valence-corrected chi connectivity index (χ0v) is 8.46. The number of hydrogen-bond donors (Lipinski definition) is 0. The van der Waals surface area contributed by atoms with Gasteiger partial charge in [-0.05, 0) is 11.8 Å². The van der Waals surface area contributed by atoms with Crippen LogP contribution in [0.5, 0.6) is 0 Å². The Morgan fingerprint density at radius 1 is 0.867 bits per heavy atom. The number of hydrogen-bond acceptors (Lipinski definition) is 3. The zero-order valence-electron chi connectivity index (χ0n) is 7.65.